The lowest BCUT2D eigenvalue weighted by atomic mass is 9.85. The van der Waals surface area contributed by atoms with Gasteiger partial charge in [-0.2, -0.15) is 0 Å². The van der Waals surface area contributed by atoms with Gasteiger partial charge in [0.05, 0.1) is 26.2 Å². The van der Waals surface area contributed by atoms with Crippen LogP contribution < -0.4 is 22.3 Å². The summed E-state index contributed by atoms with van der Waals surface area (Å²) in [7, 11) is 0. The molecule has 3 saturated heterocycles. The van der Waals surface area contributed by atoms with Gasteiger partial charge in [-0.3, -0.25) is 0 Å². The first kappa shape index (κ1) is 23.4. The highest BCUT2D eigenvalue weighted by Crippen LogP contribution is 2.33. The monoisotopic (exact) mass is 416 g/mol. The maximum Gasteiger partial charge on any atom is 0.0798 e. The molecule has 3 fully saturated rings. The highest BCUT2D eigenvalue weighted by molar-refractivity contribution is 4.71. The number of piperidine rings is 3. The first-order valence-electron chi connectivity index (χ1n) is 11.4. The van der Waals surface area contributed by atoms with Crippen LogP contribution in [0, 0.1) is 5.92 Å². The van der Waals surface area contributed by atoms with Crippen molar-refractivity contribution >= 4 is 0 Å². The summed E-state index contributed by atoms with van der Waals surface area (Å²) in [6.07, 6.45) is 20.4. The minimum atomic E-state index is 0. The van der Waals surface area contributed by atoms with E-state index in [1.807, 2.05) is 0 Å². The Kier molecular flexibility index (Phi) is 13.6. The number of rotatable bonds is 15. The molecule has 0 unspecified atom stereocenters. The number of hydrogen-bond acceptors (Lipinski definition) is 1. The van der Waals surface area contributed by atoms with Crippen molar-refractivity contribution in [3.05, 3.63) is 0 Å². The lowest BCUT2D eigenvalue weighted by Gasteiger charge is -2.49. The molecule has 1 N–H and O–H groups in total. The van der Waals surface area contributed by atoms with Crippen molar-refractivity contribution in [2.45, 2.75) is 96.8 Å². The van der Waals surface area contributed by atoms with Gasteiger partial charge in [0, 0.05) is 13.0 Å². The molecule has 3 aliphatic rings. The molecule has 25 heavy (non-hydrogen) atoms. The molecule has 0 atom stereocenters. The number of unbranched alkanes of at least 4 members (excludes halogenated alkanes) is 9. The molecule has 0 amide bonds. The maximum absolute atomic E-state index is 3.69. The molecule has 0 saturated carbocycles. The van der Waals surface area contributed by atoms with Gasteiger partial charge < -0.3 is 26.8 Å². The van der Waals surface area contributed by atoms with Crippen LogP contribution in [-0.2, 0) is 0 Å². The van der Waals surface area contributed by atoms with Gasteiger partial charge in [-0.25, -0.2) is 0 Å². The predicted molar refractivity (Wildman–Crippen MR) is 106 cm³/mol. The second kappa shape index (κ2) is 14.5. The van der Waals surface area contributed by atoms with Crippen molar-refractivity contribution in [2.24, 2.45) is 5.92 Å². The van der Waals surface area contributed by atoms with E-state index in [4.69, 9.17) is 0 Å². The fraction of sp³-hybridized carbons (Fsp3) is 1.00. The van der Waals surface area contributed by atoms with Gasteiger partial charge in [0.2, 0.25) is 0 Å². The molecule has 2 nitrogen and oxygen atoms in total. The number of fused-ring (bicyclic) bond motifs is 3. The van der Waals surface area contributed by atoms with Gasteiger partial charge >= 0.3 is 0 Å². The zero-order valence-corrected chi connectivity index (χ0v) is 18.6. The normalized spacial score (nSPS) is 25.1. The molecule has 2 bridgehead atoms. The summed E-state index contributed by atoms with van der Waals surface area (Å²) >= 11 is 0. The predicted octanol–water partition coefficient (Wildman–Crippen LogP) is 2.52. The Morgan fingerprint density at radius 2 is 1.16 bits per heavy atom. The molecule has 0 aromatic heterocycles. The smallest absolute Gasteiger partial charge is 0.0798 e. The van der Waals surface area contributed by atoms with Crippen LogP contribution in [0.15, 0.2) is 0 Å². The Morgan fingerprint density at radius 1 is 0.680 bits per heavy atom. The average Bonchev–Trinajstić information content (AvgIpc) is 2.63. The molecule has 0 aromatic rings. The van der Waals surface area contributed by atoms with Crippen LogP contribution >= 0.6 is 0 Å². The van der Waals surface area contributed by atoms with Gasteiger partial charge in [-0.15, -0.1) is 0 Å². The van der Waals surface area contributed by atoms with Crippen LogP contribution in [0.25, 0.3) is 0 Å². The first-order chi connectivity index (χ1) is 11.8. The lowest BCUT2D eigenvalue weighted by molar-refractivity contribution is -0.942. The van der Waals surface area contributed by atoms with E-state index in [2.05, 4.69) is 12.2 Å². The summed E-state index contributed by atoms with van der Waals surface area (Å²) < 4.78 is 1.47. The van der Waals surface area contributed by atoms with Crippen LogP contribution in [0.4, 0.5) is 0 Å². The molecule has 3 heteroatoms. The SMILES string of the molecule is CCCCCCCCCCCCNCCC[N+]12CCC(CC1)CC2.[Br-]. The van der Waals surface area contributed by atoms with E-state index in [0.29, 0.717) is 0 Å². The molecule has 0 radical (unpaired) electrons. The quantitative estimate of drug-likeness (QED) is 0.319. The minimum absolute atomic E-state index is 0. The van der Waals surface area contributed by atoms with Crippen molar-refractivity contribution in [2.75, 3.05) is 39.3 Å². The minimum Gasteiger partial charge on any atom is -1.00 e. The van der Waals surface area contributed by atoms with Gasteiger partial charge in [0.15, 0.2) is 0 Å². The van der Waals surface area contributed by atoms with E-state index in [-0.39, 0.29) is 17.0 Å². The molecule has 3 rings (SSSR count). The van der Waals surface area contributed by atoms with E-state index >= 15 is 0 Å². The van der Waals surface area contributed by atoms with Crippen molar-refractivity contribution in [3.63, 3.8) is 0 Å². The Morgan fingerprint density at radius 3 is 1.72 bits per heavy atom. The maximum atomic E-state index is 3.69. The third-order valence-electron chi connectivity index (χ3n) is 6.73. The van der Waals surface area contributed by atoms with E-state index in [0.717, 1.165) is 5.92 Å². The fourth-order valence-electron chi connectivity index (χ4n) is 4.88. The van der Waals surface area contributed by atoms with Crippen molar-refractivity contribution in [1.29, 1.82) is 0 Å². The molecule has 3 heterocycles. The standard InChI is InChI=1S/C22H45N2.BrH/c1-2-3-4-5-6-7-8-9-10-11-16-23-17-12-18-24-19-13-22(14-20-24)15-21-24;/h22-23H,2-21H2,1H3;1H/q+1;/p-1. The molecule has 0 aliphatic carbocycles. The van der Waals surface area contributed by atoms with Crippen LogP contribution in [0.2, 0.25) is 0 Å². The lowest BCUT2D eigenvalue weighted by Crippen LogP contribution is -3.00. The summed E-state index contributed by atoms with van der Waals surface area (Å²) in [4.78, 5) is 0. The second-order valence-electron chi connectivity index (χ2n) is 8.75. The summed E-state index contributed by atoms with van der Waals surface area (Å²) in [6.45, 7) is 10.7. The van der Waals surface area contributed by atoms with Crippen LogP contribution in [0.1, 0.15) is 96.8 Å². The Balaban J connectivity index is 0.00000312. The second-order valence-corrected chi connectivity index (χ2v) is 8.75. The van der Waals surface area contributed by atoms with Gasteiger partial charge in [-0.05, 0) is 38.1 Å². The first-order valence-corrected chi connectivity index (χ1v) is 11.4. The van der Waals surface area contributed by atoms with E-state index in [9.17, 15) is 0 Å². The molecule has 0 spiro atoms. The molecule has 0 aromatic carbocycles. The zero-order chi connectivity index (χ0) is 16.9. The van der Waals surface area contributed by atoms with Gasteiger partial charge in [-0.1, -0.05) is 64.7 Å². The number of quaternary nitrogens is 1. The van der Waals surface area contributed by atoms with Crippen LogP contribution in [0.5, 0.6) is 0 Å². The Bertz CT molecular complexity index is 287. The van der Waals surface area contributed by atoms with Crippen LogP contribution in [0.3, 0.4) is 0 Å². The van der Waals surface area contributed by atoms with Crippen molar-refractivity contribution in [3.8, 4) is 0 Å². The van der Waals surface area contributed by atoms with E-state index in [1.165, 1.54) is 134 Å². The topological polar surface area (TPSA) is 12.0 Å². The van der Waals surface area contributed by atoms with Crippen LogP contribution in [-0.4, -0.2) is 43.8 Å². The van der Waals surface area contributed by atoms with Gasteiger partial charge in [0.25, 0.3) is 0 Å². The summed E-state index contributed by atoms with van der Waals surface area (Å²) in [5.74, 6) is 1.10. The summed E-state index contributed by atoms with van der Waals surface area (Å²) in [6, 6.07) is 0. The number of hydrogen-bond donors (Lipinski definition) is 1. The number of nitrogens with zero attached hydrogens (tertiary/aromatic N) is 1. The van der Waals surface area contributed by atoms with Crippen molar-refractivity contribution in [1.82, 2.24) is 5.32 Å². The zero-order valence-electron chi connectivity index (χ0n) is 17.0. The van der Waals surface area contributed by atoms with Gasteiger partial charge in [0.1, 0.15) is 0 Å². The number of halogens is 1. The highest BCUT2D eigenvalue weighted by Gasteiger charge is 2.38. The van der Waals surface area contributed by atoms with E-state index < -0.39 is 0 Å². The van der Waals surface area contributed by atoms with Crippen molar-refractivity contribution < 1.29 is 21.5 Å². The third-order valence-corrected chi connectivity index (χ3v) is 6.73. The Hall–Kier alpha value is 0.400. The molecule has 150 valence electrons. The Labute approximate surface area is 168 Å². The fourth-order valence-corrected chi connectivity index (χ4v) is 4.88. The summed E-state index contributed by atoms with van der Waals surface area (Å²) in [5, 5.41) is 3.69. The third kappa shape index (κ3) is 9.77. The number of nitrogens with one attached hydrogen (secondary N) is 1. The molecular weight excluding hydrogens is 372 g/mol. The highest BCUT2D eigenvalue weighted by atomic mass is 79.9. The average molecular weight is 418 g/mol. The molecule has 3 aliphatic heterocycles. The summed E-state index contributed by atoms with van der Waals surface area (Å²) in [5.41, 5.74) is 0. The largest absolute Gasteiger partial charge is 1.00 e. The molecular formula is C22H45BrN2. The van der Waals surface area contributed by atoms with E-state index in [1.54, 1.807) is 0 Å².